The highest BCUT2D eigenvalue weighted by molar-refractivity contribution is 7.96. The first-order chi connectivity index (χ1) is 12.4. The first-order valence-corrected chi connectivity index (χ1v) is 10.3. The predicted molar refractivity (Wildman–Crippen MR) is 107 cm³/mol. The van der Waals surface area contributed by atoms with Crippen molar-refractivity contribution >= 4 is 10.9 Å². The number of rotatable bonds is 8. The molecule has 0 fully saturated rings. The quantitative estimate of drug-likeness (QED) is 0.428. The van der Waals surface area contributed by atoms with Gasteiger partial charge in [-0.3, -0.25) is 0 Å². The van der Waals surface area contributed by atoms with Gasteiger partial charge in [-0.1, -0.05) is 61.9 Å². The molecule has 3 rings (SSSR count). The Hall–Kier alpha value is -1.90. The Kier molecular flexibility index (Phi) is 8.60. The topological polar surface area (TPSA) is 9.23 Å². The Bertz CT molecular complexity index is 705. The van der Waals surface area contributed by atoms with E-state index < -0.39 is 0 Å². The maximum Gasteiger partial charge on any atom is 0.161 e. The molecule has 0 aliphatic carbocycles. The molecule has 3 aromatic carbocycles. The zero-order valence-electron chi connectivity index (χ0n) is 15.1. The van der Waals surface area contributed by atoms with Gasteiger partial charge in [0, 0.05) is 5.56 Å². The lowest BCUT2D eigenvalue weighted by Gasteiger charge is -2.09. The predicted octanol–water partition coefficient (Wildman–Crippen LogP) is 3.11. The summed E-state index contributed by atoms with van der Waals surface area (Å²) in [6.07, 6.45) is 2.27. The lowest BCUT2D eigenvalue weighted by atomic mass is 10.2. The third kappa shape index (κ3) is 5.82. The van der Waals surface area contributed by atoms with E-state index in [4.69, 9.17) is 4.74 Å². The Morgan fingerprint density at radius 1 is 0.731 bits per heavy atom. The normalized spacial score (nSPS) is 10.4. The van der Waals surface area contributed by atoms with Crippen LogP contribution in [0.5, 0.6) is 5.75 Å². The molecule has 0 heterocycles. The second-order valence-electron chi connectivity index (χ2n) is 6.01. The molecule has 0 aromatic heterocycles. The standard InChI is InChI=1S/C23H25OS.ClH/c1-2-3-18-24-21-16-14-20(15-17-21)19-25(22-10-6-4-7-11-22)23-12-8-5-9-13-23;/h4-17H,2-3,18-19H2,1H3;1H/q+1;/p-1. The number of halogens is 1. The highest BCUT2D eigenvalue weighted by Crippen LogP contribution is 2.27. The van der Waals surface area contributed by atoms with Gasteiger partial charge in [0.15, 0.2) is 9.79 Å². The van der Waals surface area contributed by atoms with E-state index in [0.717, 1.165) is 31.0 Å². The summed E-state index contributed by atoms with van der Waals surface area (Å²) in [6, 6.07) is 30.2. The van der Waals surface area contributed by atoms with Gasteiger partial charge in [-0.25, -0.2) is 0 Å². The smallest absolute Gasteiger partial charge is 0.161 e. The van der Waals surface area contributed by atoms with Crippen LogP contribution in [-0.2, 0) is 16.6 Å². The van der Waals surface area contributed by atoms with E-state index in [1.165, 1.54) is 15.4 Å². The van der Waals surface area contributed by atoms with Gasteiger partial charge < -0.3 is 17.1 Å². The van der Waals surface area contributed by atoms with Crippen LogP contribution in [0.4, 0.5) is 0 Å². The fraction of sp³-hybridized carbons (Fsp3) is 0.217. The van der Waals surface area contributed by atoms with Crippen molar-refractivity contribution in [2.24, 2.45) is 0 Å². The molecular formula is C23H25ClOS. The minimum atomic E-state index is 0. The van der Waals surface area contributed by atoms with Crippen LogP contribution in [0.1, 0.15) is 25.3 Å². The molecule has 0 aliphatic rings. The monoisotopic (exact) mass is 384 g/mol. The SMILES string of the molecule is CCCCOc1ccc(C[S+](c2ccccc2)c2ccccc2)cc1.[Cl-]. The maximum absolute atomic E-state index is 5.78. The zero-order valence-corrected chi connectivity index (χ0v) is 16.7. The zero-order chi connectivity index (χ0) is 17.3. The molecule has 3 aromatic rings. The fourth-order valence-corrected chi connectivity index (χ4v) is 4.76. The molecule has 0 radical (unpaired) electrons. The van der Waals surface area contributed by atoms with Crippen LogP contribution in [-0.4, -0.2) is 6.61 Å². The van der Waals surface area contributed by atoms with E-state index in [2.05, 4.69) is 91.9 Å². The van der Waals surface area contributed by atoms with Crippen molar-refractivity contribution < 1.29 is 17.1 Å². The molecule has 0 atom stereocenters. The van der Waals surface area contributed by atoms with Crippen LogP contribution in [0.3, 0.4) is 0 Å². The molecule has 0 unspecified atom stereocenters. The van der Waals surface area contributed by atoms with Crippen molar-refractivity contribution in [3.8, 4) is 5.75 Å². The van der Waals surface area contributed by atoms with Crippen LogP contribution in [0.25, 0.3) is 0 Å². The Morgan fingerprint density at radius 3 is 1.77 bits per heavy atom. The summed E-state index contributed by atoms with van der Waals surface area (Å²) in [5, 5.41) is 0. The van der Waals surface area contributed by atoms with Crippen LogP contribution < -0.4 is 17.1 Å². The summed E-state index contributed by atoms with van der Waals surface area (Å²) in [5.74, 6) is 1.99. The highest BCUT2D eigenvalue weighted by atomic mass is 35.5. The summed E-state index contributed by atoms with van der Waals surface area (Å²) in [4.78, 5) is 2.77. The summed E-state index contributed by atoms with van der Waals surface area (Å²) >= 11 is 0. The second kappa shape index (κ2) is 10.9. The van der Waals surface area contributed by atoms with E-state index in [1.807, 2.05) is 0 Å². The molecule has 0 spiro atoms. The van der Waals surface area contributed by atoms with Crippen molar-refractivity contribution in [1.82, 2.24) is 0 Å². The molecule has 0 N–H and O–H groups in total. The van der Waals surface area contributed by atoms with Gasteiger partial charge in [0.1, 0.15) is 11.5 Å². The van der Waals surface area contributed by atoms with E-state index >= 15 is 0 Å². The molecular weight excluding hydrogens is 360 g/mol. The summed E-state index contributed by atoms with van der Waals surface area (Å²) < 4.78 is 5.78. The average molecular weight is 385 g/mol. The summed E-state index contributed by atoms with van der Waals surface area (Å²) in [5.41, 5.74) is 1.35. The highest BCUT2D eigenvalue weighted by Gasteiger charge is 2.25. The molecule has 3 heteroatoms. The molecule has 0 saturated heterocycles. The second-order valence-corrected chi connectivity index (χ2v) is 8.02. The van der Waals surface area contributed by atoms with Crippen molar-refractivity contribution in [3.05, 3.63) is 90.5 Å². The Labute approximate surface area is 166 Å². The van der Waals surface area contributed by atoms with Crippen LogP contribution in [0.2, 0.25) is 0 Å². The number of benzene rings is 3. The van der Waals surface area contributed by atoms with Gasteiger partial charge in [0.25, 0.3) is 0 Å². The van der Waals surface area contributed by atoms with Gasteiger partial charge in [0.2, 0.25) is 0 Å². The number of ether oxygens (including phenoxy) is 1. The van der Waals surface area contributed by atoms with Crippen LogP contribution in [0.15, 0.2) is 94.7 Å². The Balaban J connectivity index is 0.00000243. The minimum absolute atomic E-state index is 0. The molecule has 0 saturated carbocycles. The molecule has 0 amide bonds. The lowest BCUT2D eigenvalue weighted by molar-refractivity contribution is -0.00000559. The fourth-order valence-electron chi connectivity index (χ4n) is 2.66. The number of hydrogen-bond acceptors (Lipinski definition) is 1. The van der Waals surface area contributed by atoms with Crippen LogP contribution >= 0.6 is 0 Å². The number of hydrogen-bond donors (Lipinski definition) is 0. The molecule has 0 aliphatic heterocycles. The first-order valence-electron chi connectivity index (χ1n) is 8.89. The van der Waals surface area contributed by atoms with Crippen molar-refractivity contribution in [3.63, 3.8) is 0 Å². The van der Waals surface area contributed by atoms with Gasteiger partial charge >= 0.3 is 0 Å². The first kappa shape index (κ1) is 20.4. The Morgan fingerprint density at radius 2 is 1.27 bits per heavy atom. The largest absolute Gasteiger partial charge is 1.00 e. The lowest BCUT2D eigenvalue weighted by Crippen LogP contribution is -3.00. The number of unbranched alkanes of at least 4 members (excludes halogenated alkanes) is 1. The molecule has 1 nitrogen and oxygen atoms in total. The van der Waals surface area contributed by atoms with E-state index in [9.17, 15) is 0 Å². The minimum Gasteiger partial charge on any atom is -1.00 e. The maximum atomic E-state index is 5.78. The van der Waals surface area contributed by atoms with Gasteiger partial charge in [-0.05, 0) is 42.8 Å². The van der Waals surface area contributed by atoms with E-state index in [0.29, 0.717) is 0 Å². The third-order valence-electron chi connectivity index (χ3n) is 4.06. The molecule has 26 heavy (non-hydrogen) atoms. The van der Waals surface area contributed by atoms with Gasteiger partial charge in [-0.2, -0.15) is 0 Å². The van der Waals surface area contributed by atoms with Crippen molar-refractivity contribution in [2.75, 3.05) is 6.61 Å². The van der Waals surface area contributed by atoms with Gasteiger partial charge in [-0.15, -0.1) is 0 Å². The van der Waals surface area contributed by atoms with E-state index in [-0.39, 0.29) is 23.3 Å². The third-order valence-corrected chi connectivity index (χ3v) is 6.36. The molecule has 136 valence electrons. The van der Waals surface area contributed by atoms with Crippen molar-refractivity contribution in [1.29, 1.82) is 0 Å². The summed E-state index contributed by atoms with van der Waals surface area (Å²) in [7, 11) is 0.0436. The summed E-state index contributed by atoms with van der Waals surface area (Å²) in [6.45, 7) is 2.98. The van der Waals surface area contributed by atoms with Crippen LogP contribution in [0, 0.1) is 0 Å². The van der Waals surface area contributed by atoms with Crippen molar-refractivity contribution in [2.45, 2.75) is 35.3 Å². The average Bonchev–Trinajstić information content (AvgIpc) is 2.69. The van der Waals surface area contributed by atoms with Gasteiger partial charge in [0.05, 0.1) is 17.5 Å². The van der Waals surface area contributed by atoms with E-state index in [1.54, 1.807) is 0 Å². The molecule has 0 bridgehead atoms.